The number of nitrogens with one attached hydrogen (secondary N) is 2. The van der Waals surface area contributed by atoms with E-state index in [1.807, 2.05) is 49.4 Å². The Hall–Kier alpha value is -3.17. The van der Waals surface area contributed by atoms with Gasteiger partial charge in [0.05, 0.1) is 13.1 Å². The molecule has 1 heterocycles. The van der Waals surface area contributed by atoms with Crippen LogP contribution < -0.4 is 10.2 Å². The van der Waals surface area contributed by atoms with Crippen molar-refractivity contribution in [1.29, 1.82) is 0 Å². The molecule has 146 valence electrons. The Morgan fingerprint density at radius 1 is 0.862 bits per heavy atom. The highest BCUT2D eigenvalue weighted by atomic mass is 16.2. The smallest absolute Gasteiger partial charge is 0.282 e. The van der Waals surface area contributed by atoms with Crippen LogP contribution in [-0.2, 0) is 4.79 Å². The highest BCUT2D eigenvalue weighted by Crippen LogP contribution is 2.27. The zero-order valence-electron chi connectivity index (χ0n) is 16.8. The summed E-state index contributed by atoms with van der Waals surface area (Å²) in [7, 11) is 0. The normalized spacial score (nSPS) is 17.3. The first kappa shape index (κ1) is 19.2. The average Bonchev–Trinajstić information content (AvgIpc) is 2.80. The summed E-state index contributed by atoms with van der Waals surface area (Å²) in [4.78, 5) is 14.3. The average molecular weight is 384 g/mol. The lowest BCUT2D eigenvalue weighted by atomic mass is 9.98. The Morgan fingerprint density at radius 2 is 1.48 bits per heavy atom. The lowest BCUT2D eigenvalue weighted by molar-refractivity contribution is -0.909. The molecule has 29 heavy (non-hydrogen) atoms. The molecule has 0 saturated carbocycles. The van der Waals surface area contributed by atoms with Crippen molar-refractivity contribution in [1.82, 2.24) is 0 Å². The molecule has 3 nitrogen and oxygen atoms in total. The van der Waals surface area contributed by atoms with E-state index in [1.165, 1.54) is 16.0 Å². The van der Waals surface area contributed by atoms with Crippen LogP contribution in [-0.4, -0.2) is 25.0 Å². The maximum absolute atomic E-state index is 13.0. The highest BCUT2D eigenvalue weighted by Gasteiger charge is 2.27. The van der Waals surface area contributed by atoms with E-state index in [1.54, 1.807) is 0 Å². The minimum absolute atomic E-state index is 0.0694. The molecule has 0 saturated heterocycles. The number of carbonyl (C=O) groups excluding carboxylic acids is 1. The summed E-state index contributed by atoms with van der Waals surface area (Å²) in [6.45, 7) is 3.87. The molecule has 1 aliphatic rings. The molecule has 0 spiro atoms. The standard InChI is InChI=1S/C26H26N2O/c1-20(28-18-16-22(17-19-28)21-10-4-2-5-11-21)26(29)27-25-15-9-8-14-24(25)23-12-6-3-7-13-23/h2-16,20H,17-19H2,1H3,(H,27,29)/p+1/t20-/m1/s1. The Balaban J connectivity index is 1.44. The topological polar surface area (TPSA) is 33.5 Å². The number of quaternary nitrogens is 1. The number of hydrogen-bond acceptors (Lipinski definition) is 1. The molecule has 0 aromatic heterocycles. The van der Waals surface area contributed by atoms with E-state index in [0.29, 0.717) is 0 Å². The van der Waals surface area contributed by atoms with Crippen LogP contribution in [0.3, 0.4) is 0 Å². The molecule has 1 unspecified atom stereocenters. The summed E-state index contributed by atoms with van der Waals surface area (Å²) in [6, 6.07) is 28.6. The molecule has 3 heteroatoms. The second-order valence-electron chi connectivity index (χ2n) is 7.58. The van der Waals surface area contributed by atoms with Crippen molar-refractivity contribution in [2.24, 2.45) is 0 Å². The lowest BCUT2D eigenvalue weighted by Gasteiger charge is -2.28. The fourth-order valence-corrected chi connectivity index (χ4v) is 3.95. The predicted octanol–water partition coefficient (Wildman–Crippen LogP) is 4.05. The molecular weight excluding hydrogens is 356 g/mol. The molecule has 0 fully saturated rings. The monoisotopic (exact) mass is 383 g/mol. The molecule has 0 aliphatic carbocycles. The number of rotatable bonds is 5. The van der Waals surface area contributed by atoms with Gasteiger partial charge in [0.25, 0.3) is 5.91 Å². The fourth-order valence-electron chi connectivity index (χ4n) is 3.95. The van der Waals surface area contributed by atoms with Gasteiger partial charge >= 0.3 is 0 Å². The number of anilines is 1. The Labute approximate surface area is 172 Å². The molecule has 3 aromatic rings. The van der Waals surface area contributed by atoms with Crippen molar-refractivity contribution >= 4 is 17.2 Å². The zero-order valence-corrected chi connectivity index (χ0v) is 16.8. The van der Waals surface area contributed by atoms with Crippen LogP contribution in [0.1, 0.15) is 18.9 Å². The third kappa shape index (κ3) is 4.47. The molecular formula is C26H27N2O+. The van der Waals surface area contributed by atoms with Gasteiger partial charge in [0.2, 0.25) is 0 Å². The number of hydrogen-bond donors (Lipinski definition) is 2. The second-order valence-corrected chi connectivity index (χ2v) is 7.58. The molecule has 1 aliphatic heterocycles. The van der Waals surface area contributed by atoms with E-state index >= 15 is 0 Å². The first-order valence-corrected chi connectivity index (χ1v) is 10.3. The van der Waals surface area contributed by atoms with Gasteiger partial charge in [-0.25, -0.2) is 0 Å². The van der Waals surface area contributed by atoms with Gasteiger partial charge in [-0.2, -0.15) is 0 Å². The predicted molar refractivity (Wildman–Crippen MR) is 120 cm³/mol. The third-order valence-corrected chi connectivity index (χ3v) is 5.75. The first-order valence-electron chi connectivity index (χ1n) is 10.3. The van der Waals surface area contributed by atoms with Crippen LogP contribution >= 0.6 is 0 Å². The van der Waals surface area contributed by atoms with Gasteiger partial charge in [-0.15, -0.1) is 0 Å². The van der Waals surface area contributed by atoms with Gasteiger partial charge in [0, 0.05) is 17.7 Å². The summed E-state index contributed by atoms with van der Waals surface area (Å²) in [5, 5.41) is 3.17. The van der Waals surface area contributed by atoms with Gasteiger partial charge in [0.1, 0.15) is 0 Å². The van der Waals surface area contributed by atoms with E-state index < -0.39 is 0 Å². The highest BCUT2D eigenvalue weighted by molar-refractivity contribution is 5.97. The van der Waals surface area contributed by atoms with Crippen LogP contribution in [0.15, 0.2) is 91.0 Å². The Morgan fingerprint density at radius 3 is 2.14 bits per heavy atom. The molecule has 0 radical (unpaired) electrons. The van der Waals surface area contributed by atoms with E-state index in [2.05, 4.69) is 53.9 Å². The first-order chi connectivity index (χ1) is 14.2. The van der Waals surface area contributed by atoms with E-state index in [-0.39, 0.29) is 11.9 Å². The molecule has 2 atom stereocenters. The third-order valence-electron chi connectivity index (χ3n) is 5.75. The van der Waals surface area contributed by atoms with Crippen LogP contribution in [0.5, 0.6) is 0 Å². The summed E-state index contributed by atoms with van der Waals surface area (Å²) in [5.41, 5.74) is 5.70. The van der Waals surface area contributed by atoms with Gasteiger partial charge in [-0.05, 0) is 35.8 Å². The molecule has 2 N–H and O–H groups in total. The Kier molecular flexibility index (Phi) is 5.87. The van der Waals surface area contributed by atoms with Crippen molar-refractivity contribution in [2.75, 3.05) is 18.4 Å². The lowest BCUT2D eigenvalue weighted by Crippen LogP contribution is -3.17. The second kappa shape index (κ2) is 8.89. The van der Waals surface area contributed by atoms with Gasteiger partial charge in [-0.3, -0.25) is 4.79 Å². The van der Waals surface area contributed by atoms with Crippen LogP contribution in [0.2, 0.25) is 0 Å². The van der Waals surface area contributed by atoms with Gasteiger partial charge in [-0.1, -0.05) is 78.9 Å². The van der Waals surface area contributed by atoms with Crippen molar-refractivity contribution in [3.63, 3.8) is 0 Å². The molecule has 4 rings (SSSR count). The van der Waals surface area contributed by atoms with Crippen molar-refractivity contribution in [3.8, 4) is 11.1 Å². The molecule has 3 aromatic carbocycles. The fraction of sp³-hybridized carbons (Fsp3) is 0.192. The van der Waals surface area contributed by atoms with Gasteiger partial charge < -0.3 is 10.2 Å². The van der Waals surface area contributed by atoms with Crippen molar-refractivity contribution in [3.05, 3.63) is 96.6 Å². The number of carbonyl (C=O) groups is 1. The number of para-hydroxylation sites is 1. The maximum atomic E-state index is 13.0. The van der Waals surface area contributed by atoms with E-state index in [9.17, 15) is 4.79 Å². The summed E-state index contributed by atoms with van der Waals surface area (Å²) in [5.74, 6) is 0.0694. The maximum Gasteiger partial charge on any atom is 0.282 e. The zero-order chi connectivity index (χ0) is 20.1. The minimum Gasteiger partial charge on any atom is -0.321 e. The van der Waals surface area contributed by atoms with Crippen LogP contribution in [0.4, 0.5) is 5.69 Å². The molecule has 1 amide bonds. The van der Waals surface area contributed by atoms with Crippen molar-refractivity contribution < 1.29 is 9.69 Å². The summed E-state index contributed by atoms with van der Waals surface area (Å²) >= 11 is 0. The van der Waals surface area contributed by atoms with Crippen LogP contribution in [0, 0.1) is 0 Å². The van der Waals surface area contributed by atoms with Crippen LogP contribution in [0.25, 0.3) is 16.7 Å². The summed E-state index contributed by atoms with van der Waals surface area (Å²) in [6.07, 6.45) is 3.29. The van der Waals surface area contributed by atoms with E-state index in [4.69, 9.17) is 0 Å². The van der Waals surface area contributed by atoms with Crippen molar-refractivity contribution in [2.45, 2.75) is 19.4 Å². The Bertz CT molecular complexity index is 995. The van der Waals surface area contributed by atoms with E-state index in [0.717, 1.165) is 36.3 Å². The quantitative estimate of drug-likeness (QED) is 0.685. The molecule has 0 bridgehead atoms. The van der Waals surface area contributed by atoms with Gasteiger partial charge in [0.15, 0.2) is 6.04 Å². The largest absolute Gasteiger partial charge is 0.321 e. The SMILES string of the molecule is C[C@H](C(=O)Nc1ccccc1-c1ccccc1)[NH+]1CC=C(c2ccccc2)CC1. The number of benzene rings is 3. The summed E-state index contributed by atoms with van der Waals surface area (Å²) < 4.78 is 0. The minimum atomic E-state index is -0.104. The number of amides is 1.